The molecule has 4 rings (SSSR count). The van der Waals surface area contributed by atoms with Crippen LogP contribution in [0.3, 0.4) is 0 Å². The highest BCUT2D eigenvalue weighted by Gasteiger charge is 2.53. The van der Waals surface area contributed by atoms with Crippen LogP contribution in [0, 0.1) is 17.8 Å². The van der Waals surface area contributed by atoms with Gasteiger partial charge in [0.15, 0.2) is 0 Å². The van der Waals surface area contributed by atoms with Crippen molar-refractivity contribution in [3.63, 3.8) is 0 Å². The van der Waals surface area contributed by atoms with Crippen molar-refractivity contribution in [2.75, 3.05) is 0 Å². The smallest absolute Gasteiger partial charge is 0.0429 e. The molecule has 1 heteroatoms. The summed E-state index contributed by atoms with van der Waals surface area (Å²) >= 11 is 4.03. The number of rotatable bonds is 2. The van der Waals surface area contributed by atoms with E-state index < -0.39 is 0 Å². The SMILES string of the molecule is BrC(c1ccc2c(c1)CCCC2)C1C2CCCCC21. The first-order valence-corrected chi connectivity index (χ1v) is 9.02. The maximum atomic E-state index is 4.03. The number of hydrogen-bond acceptors (Lipinski definition) is 0. The Morgan fingerprint density at radius 3 is 2.32 bits per heavy atom. The lowest BCUT2D eigenvalue weighted by Crippen LogP contribution is -2.04. The summed E-state index contributed by atoms with van der Waals surface area (Å²) in [7, 11) is 0. The molecule has 2 saturated carbocycles. The summed E-state index contributed by atoms with van der Waals surface area (Å²) in [5.41, 5.74) is 4.81. The average molecular weight is 319 g/mol. The molecule has 1 aromatic rings. The van der Waals surface area contributed by atoms with Gasteiger partial charge in [-0.3, -0.25) is 0 Å². The first-order valence-electron chi connectivity index (χ1n) is 8.10. The molecule has 3 atom stereocenters. The van der Waals surface area contributed by atoms with Crippen LogP contribution in [0.2, 0.25) is 0 Å². The minimum absolute atomic E-state index is 0.618. The van der Waals surface area contributed by atoms with Gasteiger partial charge < -0.3 is 0 Å². The molecular weight excluding hydrogens is 296 g/mol. The predicted octanol–water partition coefficient (Wildman–Crippen LogP) is 5.44. The average Bonchev–Trinajstić information content (AvgIpc) is 3.20. The molecule has 0 nitrogen and oxygen atoms in total. The Labute approximate surface area is 125 Å². The van der Waals surface area contributed by atoms with Crippen molar-refractivity contribution in [3.05, 3.63) is 34.9 Å². The Kier molecular flexibility index (Phi) is 3.22. The van der Waals surface area contributed by atoms with Crippen LogP contribution >= 0.6 is 15.9 Å². The van der Waals surface area contributed by atoms with Gasteiger partial charge in [0.1, 0.15) is 0 Å². The first-order chi connectivity index (χ1) is 9.34. The van der Waals surface area contributed by atoms with Crippen molar-refractivity contribution in [3.8, 4) is 0 Å². The van der Waals surface area contributed by atoms with Crippen LogP contribution in [-0.2, 0) is 12.8 Å². The number of fused-ring (bicyclic) bond motifs is 2. The number of alkyl halides is 1. The summed E-state index contributed by atoms with van der Waals surface area (Å²) in [5, 5.41) is 0. The molecule has 3 aliphatic carbocycles. The zero-order valence-electron chi connectivity index (χ0n) is 11.6. The topological polar surface area (TPSA) is 0 Å². The van der Waals surface area contributed by atoms with Gasteiger partial charge in [-0.05, 0) is 73.0 Å². The summed E-state index contributed by atoms with van der Waals surface area (Å²) in [6, 6.07) is 7.32. The van der Waals surface area contributed by atoms with Crippen LogP contribution in [-0.4, -0.2) is 0 Å². The van der Waals surface area contributed by atoms with E-state index in [1.54, 1.807) is 16.7 Å². The highest BCUT2D eigenvalue weighted by molar-refractivity contribution is 9.09. The van der Waals surface area contributed by atoms with E-state index >= 15 is 0 Å². The third kappa shape index (κ3) is 2.18. The zero-order chi connectivity index (χ0) is 12.8. The van der Waals surface area contributed by atoms with Gasteiger partial charge in [0.2, 0.25) is 0 Å². The molecule has 0 radical (unpaired) electrons. The molecule has 0 saturated heterocycles. The minimum atomic E-state index is 0.618. The molecular formula is C18H23Br. The molecule has 2 fully saturated rings. The van der Waals surface area contributed by atoms with Gasteiger partial charge >= 0.3 is 0 Å². The van der Waals surface area contributed by atoms with Crippen molar-refractivity contribution in [2.24, 2.45) is 17.8 Å². The highest BCUT2D eigenvalue weighted by atomic mass is 79.9. The van der Waals surface area contributed by atoms with Crippen LogP contribution in [0.1, 0.15) is 60.0 Å². The highest BCUT2D eigenvalue weighted by Crippen LogP contribution is 2.62. The van der Waals surface area contributed by atoms with Gasteiger partial charge in [-0.25, -0.2) is 0 Å². The van der Waals surface area contributed by atoms with Crippen LogP contribution in [0.25, 0.3) is 0 Å². The standard InChI is InChI=1S/C18H23Br/c19-18(17-15-7-3-4-8-16(15)17)14-10-9-12-5-1-2-6-13(12)11-14/h9-11,15-18H,1-8H2. The Balaban J connectivity index is 1.55. The first kappa shape index (κ1) is 12.4. The van der Waals surface area contributed by atoms with Crippen molar-refractivity contribution in [1.82, 2.24) is 0 Å². The van der Waals surface area contributed by atoms with E-state index in [-0.39, 0.29) is 0 Å². The molecule has 3 unspecified atom stereocenters. The van der Waals surface area contributed by atoms with Crippen LogP contribution in [0.4, 0.5) is 0 Å². The Morgan fingerprint density at radius 2 is 1.58 bits per heavy atom. The van der Waals surface area contributed by atoms with Crippen molar-refractivity contribution in [1.29, 1.82) is 0 Å². The van der Waals surface area contributed by atoms with E-state index in [9.17, 15) is 0 Å². The summed E-state index contributed by atoms with van der Waals surface area (Å²) in [4.78, 5) is 0.618. The Hall–Kier alpha value is -0.300. The molecule has 0 heterocycles. The summed E-state index contributed by atoms with van der Waals surface area (Å²) in [6.07, 6.45) is 11.3. The molecule has 1 aromatic carbocycles. The lowest BCUT2D eigenvalue weighted by molar-refractivity contribution is 0.480. The van der Waals surface area contributed by atoms with Crippen molar-refractivity contribution in [2.45, 2.75) is 56.2 Å². The number of aryl methyl sites for hydroxylation is 2. The van der Waals surface area contributed by atoms with Crippen LogP contribution in [0.15, 0.2) is 18.2 Å². The second-order valence-electron chi connectivity index (χ2n) is 6.83. The third-order valence-corrected chi connectivity index (χ3v) is 6.89. The van der Waals surface area contributed by atoms with E-state index in [4.69, 9.17) is 0 Å². The Bertz CT molecular complexity index is 467. The molecule has 0 amide bonds. The van der Waals surface area contributed by atoms with Gasteiger partial charge in [-0.1, -0.05) is 47.0 Å². The molecule has 0 aromatic heterocycles. The van der Waals surface area contributed by atoms with Crippen molar-refractivity contribution < 1.29 is 0 Å². The van der Waals surface area contributed by atoms with E-state index in [1.807, 2.05) is 0 Å². The lowest BCUT2D eigenvalue weighted by Gasteiger charge is -2.18. The van der Waals surface area contributed by atoms with Gasteiger partial charge in [0, 0.05) is 4.83 Å². The maximum absolute atomic E-state index is 4.03. The summed E-state index contributed by atoms with van der Waals surface area (Å²) in [6.45, 7) is 0. The van der Waals surface area contributed by atoms with E-state index in [0.717, 1.165) is 17.8 Å². The molecule has 0 N–H and O–H groups in total. The predicted molar refractivity (Wildman–Crippen MR) is 83.7 cm³/mol. The fourth-order valence-corrected chi connectivity index (χ4v) is 5.70. The van der Waals surface area contributed by atoms with Gasteiger partial charge in [0.25, 0.3) is 0 Å². The second kappa shape index (κ2) is 4.91. The van der Waals surface area contributed by atoms with Crippen molar-refractivity contribution >= 4 is 15.9 Å². The molecule has 0 bridgehead atoms. The molecule has 0 aliphatic heterocycles. The maximum Gasteiger partial charge on any atom is 0.0429 e. The number of benzene rings is 1. The monoisotopic (exact) mass is 318 g/mol. The number of halogens is 1. The second-order valence-corrected chi connectivity index (χ2v) is 7.81. The normalized spacial score (nSPS) is 34.3. The van der Waals surface area contributed by atoms with Crippen LogP contribution in [0.5, 0.6) is 0 Å². The summed E-state index contributed by atoms with van der Waals surface area (Å²) < 4.78 is 0. The quantitative estimate of drug-likeness (QED) is 0.637. The Morgan fingerprint density at radius 1 is 0.895 bits per heavy atom. The van der Waals surface area contributed by atoms with E-state index in [0.29, 0.717) is 4.83 Å². The molecule has 3 aliphatic rings. The zero-order valence-corrected chi connectivity index (χ0v) is 13.2. The van der Waals surface area contributed by atoms with Gasteiger partial charge in [-0.15, -0.1) is 0 Å². The largest absolute Gasteiger partial charge is 0.0836 e. The molecule has 19 heavy (non-hydrogen) atoms. The number of hydrogen-bond donors (Lipinski definition) is 0. The van der Waals surface area contributed by atoms with Gasteiger partial charge in [0.05, 0.1) is 0 Å². The fraction of sp³-hybridized carbons (Fsp3) is 0.667. The lowest BCUT2D eigenvalue weighted by atomic mass is 9.89. The van der Waals surface area contributed by atoms with E-state index in [1.165, 1.54) is 51.4 Å². The fourth-order valence-electron chi connectivity index (χ4n) is 4.63. The van der Waals surface area contributed by atoms with E-state index in [2.05, 4.69) is 34.1 Å². The van der Waals surface area contributed by atoms with Crippen LogP contribution < -0.4 is 0 Å². The molecule has 102 valence electrons. The van der Waals surface area contributed by atoms with Gasteiger partial charge in [-0.2, -0.15) is 0 Å². The third-order valence-electron chi connectivity index (χ3n) is 5.75. The summed E-state index contributed by atoms with van der Waals surface area (Å²) in [5.74, 6) is 3.01. The molecule has 0 spiro atoms. The minimum Gasteiger partial charge on any atom is -0.0836 e.